The van der Waals surface area contributed by atoms with Crippen molar-refractivity contribution in [1.82, 2.24) is 0 Å². The monoisotopic (exact) mass is 392 g/mol. The topological polar surface area (TPSA) is 63.6 Å². The minimum atomic E-state index is -0.272. The first-order chi connectivity index (χ1) is 13.9. The van der Waals surface area contributed by atoms with Gasteiger partial charge < -0.3 is 9.84 Å². The minimum absolute atomic E-state index is 0.000353. The number of aliphatic hydroxyl groups is 1. The van der Waals surface area contributed by atoms with Crippen molar-refractivity contribution < 1.29 is 19.4 Å². The van der Waals surface area contributed by atoms with Gasteiger partial charge in [0.15, 0.2) is 11.6 Å². The summed E-state index contributed by atoms with van der Waals surface area (Å²) in [5.74, 6) is -0.0770. The van der Waals surface area contributed by atoms with Gasteiger partial charge in [0.05, 0.1) is 5.57 Å². The highest BCUT2D eigenvalue weighted by atomic mass is 16.5. The summed E-state index contributed by atoms with van der Waals surface area (Å²) in [6, 6.07) is 14.0. The van der Waals surface area contributed by atoms with Crippen LogP contribution < -0.4 is 4.74 Å². The van der Waals surface area contributed by atoms with E-state index in [1.165, 1.54) is 0 Å². The van der Waals surface area contributed by atoms with E-state index in [1.54, 1.807) is 0 Å². The van der Waals surface area contributed by atoms with Crippen molar-refractivity contribution in [2.75, 3.05) is 0 Å². The molecule has 1 atom stereocenters. The number of aryl methyl sites for hydroxylation is 2. The van der Waals surface area contributed by atoms with Gasteiger partial charge >= 0.3 is 0 Å². The Bertz CT molecular complexity index is 941. The van der Waals surface area contributed by atoms with E-state index in [9.17, 15) is 14.7 Å². The summed E-state index contributed by atoms with van der Waals surface area (Å²) in [7, 11) is 0. The molecule has 0 heterocycles. The van der Waals surface area contributed by atoms with Crippen molar-refractivity contribution in [3.05, 3.63) is 76.1 Å². The quantitative estimate of drug-likeness (QED) is 0.631. The molecule has 29 heavy (non-hydrogen) atoms. The van der Waals surface area contributed by atoms with Crippen molar-refractivity contribution in [2.24, 2.45) is 0 Å². The molecule has 152 valence electrons. The lowest BCUT2D eigenvalue weighted by atomic mass is 9.79. The number of aliphatic hydroxyl groups excluding tert-OH is 1. The zero-order valence-electron chi connectivity index (χ0n) is 17.3. The highest BCUT2D eigenvalue weighted by Crippen LogP contribution is 2.41. The maximum Gasteiger partial charge on any atom is 0.170 e. The number of hydrogen-bond acceptors (Lipinski definition) is 4. The molecule has 0 amide bonds. The summed E-state index contributed by atoms with van der Waals surface area (Å²) in [6.45, 7) is 6.33. The smallest absolute Gasteiger partial charge is 0.170 e. The molecule has 0 spiro atoms. The van der Waals surface area contributed by atoms with E-state index in [0.717, 1.165) is 28.0 Å². The van der Waals surface area contributed by atoms with Crippen molar-refractivity contribution in [1.29, 1.82) is 0 Å². The molecule has 0 fully saturated rings. The normalized spacial score (nSPS) is 16.8. The van der Waals surface area contributed by atoms with Gasteiger partial charge in [-0.1, -0.05) is 43.3 Å². The van der Waals surface area contributed by atoms with Crippen LogP contribution in [0.3, 0.4) is 0 Å². The number of ketones is 2. The summed E-state index contributed by atoms with van der Waals surface area (Å²) in [5.41, 5.74) is 4.11. The fraction of sp³-hybridized carbons (Fsp3) is 0.360. The van der Waals surface area contributed by atoms with Crippen molar-refractivity contribution in [3.63, 3.8) is 0 Å². The molecule has 4 heteroatoms. The van der Waals surface area contributed by atoms with Crippen molar-refractivity contribution in [3.8, 4) is 5.75 Å². The van der Waals surface area contributed by atoms with Crippen molar-refractivity contribution >= 4 is 11.6 Å². The average Bonchev–Trinajstić information content (AvgIpc) is 2.66. The first-order valence-electron chi connectivity index (χ1n) is 10.2. The van der Waals surface area contributed by atoms with E-state index < -0.39 is 0 Å². The fourth-order valence-electron chi connectivity index (χ4n) is 4.08. The van der Waals surface area contributed by atoms with Crippen LogP contribution in [0.25, 0.3) is 0 Å². The number of benzene rings is 2. The summed E-state index contributed by atoms with van der Waals surface area (Å²) in [4.78, 5) is 24.9. The predicted octanol–water partition coefficient (Wildman–Crippen LogP) is 5.51. The van der Waals surface area contributed by atoms with E-state index in [0.29, 0.717) is 13.0 Å². The van der Waals surface area contributed by atoms with Crippen LogP contribution in [0.4, 0.5) is 0 Å². The number of allylic oxidation sites excluding steroid dienone is 2. The third kappa shape index (κ3) is 4.76. The van der Waals surface area contributed by atoms with Crippen LogP contribution in [-0.4, -0.2) is 16.7 Å². The van der Waals surface area contributed by atoms with E-state index in [-0.39, 0.29) is 48.1 Å². The van der Waals surface area contributed by atoms with Gasteiger partial charge in [0.25, 0.3) is 0 Å². The summed E-state index contributed by atoms with van der Waals surface area (Å²) in [6.07, 6.45) is 1.42. The lowest BCUT2D eigenvalue weighted by Gasteiger charge is -2.27. The Labute approximate surface area is 172 Å². The molecule has 0 bridgehead atoms. The lowest BCUT2D eigenvalue weighted by molar-refractivity contribution is -0.122. The first-order valence-corrected chi connectivity index (χ1v) is 10.2. The van der Waals surface area contributed by atoms with Gasteiger partial charge in [-0.25, -0.2) is 0 Å². The summed E-state index contributed by atoms with van der Waals surface area (Å²) < 4.78 is 6.15. The van der Waals surface area contributed by atoms with Gasteiger partial charge in [-0.3, -0.25) is 9.59 Å². The van der Waals surface area contributed by atoms with Crippen LogP contribution >= 0.6 is 0 Å². The molecule has 0 aliphatic heterocycles. The van der Waals surface area contributed by atoms with Crippen molar-refractivity contribution in [2.45, 2.75) is 59.0 Å². The Balaban J connectivity index is 1.90. The second-order valence-corrected chi connectivity index (χ2v) is 7.79. The highest BCUT2D eigenvalue weighted by molar-refractivity contribution is 6.21. The van der Waals surface area contributed by atoms with Crippen LogP contribution in [0.1, 0.15) is 60.8 Å². The Morgan fingerprint density at radius 2 is 1.86 bits per heavy atom. The molecule has 3 rings (SSSR count). The zero-order valence-corrected chi connectivity index (χ0v) is 17.3. The van der Waals surface area contributed by atoms with Gasteiger partial charge in [0, 0.05) is 30.7 Å². The molecule has 0 aromatic heterocycles. The first kappa shape index (κ1) is 20.8. The number of hydrogen-bond donors (Lipinski definition) is 1. The summed E-state index contributed by atoms with van der Waals surface area (Å²) >= 11 is 0. The van der Waals surface area contributed by atoms with E-state index in [4.69, 9.17) is 4.74 Å². The van der Waals surface area contributed by atoms with Gasteiger partial charge in [-0.05, 0) is 43.0 Å². The van der Waals surface area contributed by atoms with Crippen LogP contribution in [0, 0.1) is 13.8 Å². The second kappa shape index (κ2) is 9.08. The minimum Gasteiger partial charge on any atom is -0.511 e. The third-order valence-electron chi connectivity index (χ3n) is 5.33. The average molecular weight is 392 g/mol. The number of carbonyl (C=O) groups excluding carboxylic acids is 2. The molecular formula is C25H28O4. The molecule has 0 saturated carbocycles. The third-order valence-corrected chi connectivity index (χ3v) is 5.33. The Kier molecular flexibility index (Phi) is 6.53. The van der Waals surface area contributed by atoms with E-state index in [1.807, 2.05) is 57.2 Å². The molecule has 2 aromatic carbocycles. The molecule has 2 aromatic rings. The predicted molar refractivity (Wildman–Crippen MR) is 113 cm³/mol. The van der Waals surface area contributed by atoms with Gasteiger partial charge in [-0.2, -0.15) is 0 Å². The molecule has 1 aliphatic rings. The number of ether oxygens (including phenoxy) is 1. The zero-order chi connectivity index (χ0) is 21.0. The van der Waals surface area contributed by atoms with Crippen LogP contribution in [0.5, 0.6) is 5.75 Å². The van der Waals surface area contributed by atoms with E-state index in [2.05, 4.69) is 6.07 Å². The van der Waals surface area contributed by atoms with Gasteiger partial charge in [0.1, 0.15) is 18.1 Å². The van der Waals surface area contributed by atoms with Gasteiger partial charge in [-0.15, -0.1) is 0 Å². The number of rotatable bonds is 7. The Morgan fingerprint density at radius 1 is 1.14 bits per heavy atom. The lowest BCUT2D eigenvalue weighted by Crippen LogP contribution is -2.24. The molecule has 1 N–H and O–H groups in total. The largest absolute Gasteiger partial charge is 0.511 e. The SMILES string of the molecule is CCCC(=O)C1=C(O)CC(c2c(C)cc(C)cc2OCc2ccccc2)CC1=O. The Hall–Kier alpha value is -2.88. The maximum absolute atomic E-state index is 12.7. The molecule has 0 saturated heterocycles. The van der Waals surface area contributed by atoms with Gasteiger partial charge in [0.2, 0.25) is 0 Å². The summed E-state index contributed by atoms with van der Waals surface area (Å²) in [5, 5.41) is 10.5. The number of Topliss-reactive ketones (excluding diaryl/α,β-unsaturated/α-hetero) is 2. The highest BCUT2D eigenvalue weighted by Gasteiger charge is 2.34. The molecule has 1 aliphatic carbocycles. The molecule has 4 nitrogen and oxygen atoms in total. The number of carbonyl (C=O) groups is 2. The molecule has 0 radical (unpaired) electrons. The maximum atomic E-state index is 12.7. The molecular weight excluding hydrogens is 364 g/mol. The van der Waals surface area contributed by atoms with E-state index >= 15 is 0 Å². The molecule has 1 unspecified atom stereocenters. The van der Waals surface area contributed by atoms with Crippen LogP contribution in [-0.2, 0) is 16.2 Å². The van der Waals surface area contributed by atoms with Crippen LogP contribution in [0.15, 0.2) is 53.8 Å². The Morgan fingerprint density at radius 3 is 2.52 bits per heavy atom. The standard InChI is InChI=1S/C25H28O4/c1-4-8-20(26)25-21(27)13-19(14-22(25)28)24-17(3)11-16(2)12-23(24)29-15-18-9-6-5-7-10-18/h5-7,9-12,19,27H,4,8,13-15H2,1-3H3. The fourth-order valence-corrected chi connectivity index (χ4v) is 4.08. The second-order valence-electron chi connectivity index (χ2n) is 7.79. The van der Waals surface area contributed by atoms with Crippen LogP contribution in [0.2, 0.25) is 0 Å².